The standard InChI is InChI=1S/C12H11FO/c1-10(3-2-8-14)9-11-4-6-12(13)7-5-11/h2-9H,1H3/b3-2+,10-9+. The predicted molar refractivity (Wildman–Crippen MR) is 55.3 cm³/mol. The van der Waals surface area contributed by atoms with Crippen molar-refractivity contribution in [3.63, 3.8) is 0 Å². The summed E-state index contributed by atoms with van der Waals surface area (Å²) in [7, 11) is 0. The van der Waals surface area contributed by atoms with Gasteiger partial charge in [-0.2, -0.15) is 0 Å². The number of rotatable bonds is 3. The molecule has 0 aliphatic heterocycles. The van der Waals surface area contributed by atoms with Crippen molar-refractivity contribution in [2.24, 2.45) is 0 Å². The van der Waals surface area contributed by atoms with E-state index in [0.29, 0.717) is 0 Å². The van der Waals surface area contributed by atoms with Crippen molar-refractivity contribution in [1.29, 1.82) is 0 Å². The van der Waals surface area contributed by atoms with E-state index in [1.165, 1.54) is 18.2 Å². The highest BCUT2D eigenvalue weighted by atomic mass is 19.1. The Morgan fingerprint density at radius 2 is 1.93 bits per heavy atom. The molecular formula is C12H11FO. The van der Waals surface area contributed by atoms with Crippen LogP contribution in [0.25, 0.3) is 6.08 Å². The van der Waals surface area contributed by atoms with E-state index in [9.17, 15) is 9.18 Å². The Kier molecular flexibility index (Phi) is 3.80. The van der Waals surface area contributed by atoms with Crippen LogP contribution in [-0.4, -0.2) is 6.29 Å². The zero-order valence-corrected chi connectivity index (χ0v) is 7.91. The minimum absolute atomic E-state index is 0.247. The molecule has 1 rings (SSSR count). The van der Waals surface area contributed by atoms with Crippen LogP contribution >= 0.6 is 0 Å². The maximum atomic E-state index is 12.5. The largest absolute Gasteiger partial charge is 0.299 e. The lowest BCUT2D eigenvalue weighted by molar-refractivity contribution is -0.104. The summed E-state index contributed by atoms with van der Waals surface area (Å²) >= 11 is 0. The second-order valence-corrected chi connectivity index (χ2v) is 2.94. The van der Waals surface area contributed by atoms with Crippen molar-refractivity contribution in [3.8, 4) is 0 Å². The Hall–Kier alpha value is -1.70. The van der Waals surface area contributed by atoms with Crippen molar-refractivity contribution >= 4 is 12.4 Å². The monoisotopic (exact) mass is 190 g/mol. The molecule has 0 saturated carbocycles. The van der Waals surface area contributed by atoms with Crippen molar-refractivity contribution < 1.29 is 9.18 Å². The number of allylic oxidation sites excluding steroid dienone is 3. The molecule has 1 nitrogen and oxygen atoms in total. The molecule has 0 spiro atoms. The number of carbonyl (C=O) groups excluding carboxylic acids is 1. The van der Waals surface area contributed by atoms with Gasteiger partial charge in [-0.05, 0) is 30.7 Å². The number of hydrogen-bond donors (Lipinski definition) is 0. The molecule has 2 heteroatoms. The van der Waals surface area contributed by atoms with E-state index < -0.39 is 0 Å². The molecule has 1 aromatic carbocycles. The van der Waals surface area contributed by atoms with Gasteiger partial charge in [0, 0.05) is 0 Å². The first-order valence-electron chi connectivity index (χ1n) is 4.28. The Labute approximate surface area is 82.6 Å². The molecule has 14 heavy (non-hydrogen) atoms. The third-order valence-corrected chi connectivity index (χ3v) is 1.70. The molecule has 0 saturated heterocycles. The van der Waals surface area contributed by atoms with Crippen LogP contribution in [-0.2, 0) is 4.79 Å². The van der Waals surface area contributed by atoms with Gasteiger partial charge in [0.1, 0.15) is 12.1 Å². The van der Waals surface area contributed by atoms with Crippen molar-refractivity contribution in [1.82, 2.24) is 0 Å². The van der Waals surface area contributed by atoms with Gasteiger partial charge < -0.3 is 0 Å². The first kappa shape index (κ1) is 10.4. The van der Waals surface area contributed by atoms with E-state index >= 15 is 0 Å². The molecule has 1 aromatic rings. The lowest BCUT2D eigenvalue weighted by Crippen LogP contribution is -1.76. The summed E-state index contributed by atoms with van der Waals surface area (Å²) in [6.45, 7) is 1.88. The quantitative estimate of drug-likeness (QED) is 0.407. The van der Waals surface area contributed by atoms with Crippen LogP contribution in [0, 0.1) is 5.82 Å². The molecule has 0 unspecified atom stereocenters. The summed E-state index contributed by atoms with van der Waals surface area (Å²) in [5.74, 6) is -0.247. The molecule has 0 aliphatic rings. The third kappa shape index (κ3) is 3.35. The van der Waals surface area contributed by atoms with E-state index in [-0.39, 0.29) is 5.82 Å². The average molecular weight is 190 g/mol. The van der Waals surface area contributed by atoms with Crippen LogP contribution in [0.15, 0.2) is 42.0 Å². The average Bonchev–Trinajstić information content (AvgIpc) is 2.18. The first-order valence-corrected chi connectivity index (χ1v) is 4.28. The maximum Gasteiger partial charge on any atom is 0.142 e. The van der Waals surface area contributed by atoms with Gasteiger partial charge in [0.15, 0.2) is 0 Å². The molecule has 0 radical (unpaired) electrons. The van der Waals surface area contributed by atoms with Gasteiger partial charge in [-0.3, -0.25) is 4.79 Å². The topological polar surface area (TPSA) is 17.1 Å². The SMILES string of the molecule is CC(/C=C/C=O)=C\c1ccc(F)cc1. The molecule has 0 amide bonds. The van der Waals surface area contributed by atoms with E-state index in [4.69, 9.17) is 0 Å². The van der Waals surface area contributed by atoms with E-state index in [1.807, 2.05) is 13.0 Å². The van der Waals surface area contributed by atoms with E-state index in [1.54, 1.807) is 18.2 Å². The van der Waals surface area contributed by atoms with E-state index in [0.717, 1.165) is 17.4 Å². The van der Waals surface area contributed by atoms with Gasteiger partial charge in [0.25, 0.3) is 0 Å². The zero-order valence-electron chi connectivity index (χ0n) is 7.91. The maximum absolute atomic E-state index is 12.5. The molecule has 72 valence electrons. The van der Waals surface area contributed by atoms with Gasteiger partial charge in [-0.25, -0.2) is 4.39 Å². The molecule has 0 N–H and O–H groups in total. The number of aldehydes is 1. The molecule has 0 aromatic heterocycles. The Bertz CT molecular complexity index is 360. The van der Waals surface area contributed by atoms with Crippen LogP contribution in [0.5, 0.6) is 0 Å². The highest BCUT2D eigenvalue weighted by Crippen LogP contribution is 2.08. The second kappa shape index (κ2) is 5.12. The molecule has 0 heterocycles. The van der Waals surface area contributed by atoms with Gasteiger partial charge in [-0.15, -0.1) is 0 Å². The smallest absolute Gasteiger partial charge is 0.142 e. The minimum atomic E-state index is -0.247. The van der Waals surface area contributed by atoms with E-state index in [2.05, 4.69) is 0 Å². The van der Waals surface area contributed by atoms with Crippen molar-refractivity contribution in [2.75, 3.05) is 0 Å². The van der Waals surface area contributed by atoms with Crippen molar-refractivity contribution in [2.45, 2.75) is 6.92 Å². The highest BCUT2D eigenvalue weighted by molar-refractivity contribution is 5.67. The fourth-order valence-corrected chi connectivity index (χ4v) is 1.06. The summed E-state index contributed by atoms with van der Waals surface area (Å²) in [6.07, 6.45) is 5.73. The molecule has 0 atom stereocenters. The predicted octanol–water partition coefficient (Wildman–Crippen LogP) is 2.98. The highest BCUT2D eigenvalue weighted by Gasteiger charge is 1.89. The van der Waals surface area contributed by atoms with Gasteiger partial charge in [-0.1, -0.05) is 29.9 Å². The van der Waals surface area contributed by atoms with Gasteiger partial charge in [0.2, 0.25) is 0 Å². The Balaban J connectivity index is 2.81. The summed E-state index contributed by atoms with van der Waals surface area (Å²) in [5, 5.41) is 0. The molecule has 0 fully saturated rings. The number of benzene rings is 1. The van der Waals surface area contributed by atoms with Crippen LogP contribution in [0.2, 0.25) is 0 Å². The number of hydrogen-bond acceptors (Lipinski definition) is 1. The Morgan fingerprint density at radius 1 is 1.29 bits per heavy atom. The fraction of sp³-hybridized carbons (Fsp3) is 0.0833. The second-order valence-electron chi connectivity index (χ2n) is 2.94. The van der Waals surface area contributed by atoms with Crippen molar-refractivity contribution in [3.05, 3.63) is 53.4 Å². The molecule has 0 aliphatic carbocycles. The number of halogens is 1. The lowest BCUT2D eigenvalue weighted by atomic mass is 10.1. The summed E-state index contributed by atoms with van der Waals surface area (Å²) in [6, 6.07) is 6.19. The summed E-state index contributed by atoms with van der Waals surface area (Å²) in [5.41, 5.74) is 1.86. The normalized spacial score (nSPS) is 12.0. The molecule has 0 bridgehead atoms. The lowest BCUT2D eigenvalue weighted by Gasteiger charge is -1.94. The Morgan fingerprint density at radius 3 is 2.50 bits per heavy atom. The van der Waals surface area contributed by atoms with Crippen LogP contribution < -0.4 is 0 Å². The van der Waals surface area contributed by atoms with Gasteiger partial charge >= 0.3 is 0 Å². The first-order chi connectivity index (χ1) is 6.72. The van der Waals surface area contributed by atoms with Crippen LogP contribution in [0.3, 0.4) is 0 Å². The fourth-order valence-electron chi connectivity index (χ4n) is 1.06. The third-order valence-electron chi connectivity index (χ3n) is 1.70. The van der Waals surface area contributed by atoms with Crippen LogP contribution in [0.1, 0.15) is 12.5 Å². The van der Waals surface area contributed by atoms with Gasteiger partial charge in [0.05, 0.1) is 0 Å². The number of carbonyl (C=O) groups is 1. The molecular weight excluding hydrogens is 179 g/mol. The minimum Gasteiger partial charge on any atom is -0.299 e. The summed E-state index contributed by atoms with van der Waals surface area (Å²) < 4.78 is 12.5. The van der Waals surface area contributed by atoms with Crippen LogP contribution in [0.4, 0.5) is 4.39 Å². The zero-order chi connectivity index (χ0) is 10.4. The summed E-state index contributed by atoms with van der Waals surface area (Å²) in [4.78, 5) is 10.0.